The Morgan fingerprint density at radius 3 is 2.91 bits per heavy atom. The van der Waals surface area contributed by atoms with E-state index >= 15 is 0 Å². The van der Waals surface area contributed by atoms with Gasteiger partial charge in [0, 0.05) is 6.54 Å². The average Bonchev–Trinajstić information content (AvgIpc) is 3.11. The zero-order chi connectivity index (χ0) is 16.0. The summed E-state index contributed by atoms with van der Waals surface area (Å²) >= 11 is 0. The monoisotopic (exact) mass is 313 g/mol. The minimum Gasteiger partial charge on any atom is -0.391 e. The number of benzene rings is 1. The highest BCUT2D eigenvalue weighted by Crippen LogP contribution is 2.35. The molecule has 4 rings (SSSR count). The van der Waals surface area contributed by atoms with Gasteiger partial charge in [-0.2, -0.15) is 4.52 Å². The van der Waals surface area contributed by atoms with Crippen LogP contribution in [-0.4, -0.2) is 37.6 Å². The van der Waals surface area contributed by atoms with E-state index in [1.165, 1.54) is 12.1 Å². The summed E-state index contributed by atoms with van der Waals surface area (Å²) in [7, 11) is 0. The van der Waals surface area contributed by atoms with E-state index in [1.54, 1.807) is 10.6 Å². The van der Waals surface area contributed by atoms with E-state index in [-0.39, 0.29) is 11.9 Å². The Balaban J connectivity index is 1.76. The highest BCUT2D eigenvalue weighted by atomic mass is 19.1. The van der Waals surface area contributed by atoms with Crippen molar-refractivity contribution in [3.8, 4) is 0 Å². The molecule has 7 heteroatoms. The minimum atomic E-state index is -0.470. The van der Waals surface area contributed by atoms with E-state index in [0.717, 1.165) is 5.56 Å². The second-order valence-corrected chi connectivity index (χ2v) is 5.82. The lowest BCUT2D eigenvalue weighted by atomic mass is 10.0. The van der Waals surface area contributed by atoms with Crippen LogP contribution in [0.15, 0.2) is 36.4 Å². The number of aromatic nitrogens is 4. The maximum Gasteiger partial charge on any atom is 0.178 e. The van der Waals surface area contributed by atoms with Gasteiger partial charge in [-0.05, 0) is 43.2 Å². The molecule has 1 aliphatic heterocycles. The summed E-state index contributed by atoms with van der Waals surface area (Å²) in [5.74, 6) is 1.14. The first kappa shape index (κ1) is 14.1. The normalized spacial score (nSPS) is 21.3. The molecule has 0 saturated carbocycles. The Hall–Kier alpha value is -2.54. The molecule has 0 aliphatic carbocycles. The number of anilines is 1. The number of β-amino-alcohol motifs (C(OH)–C–C–N with tert-alkyl or cyclic N) is 1. The maximum absolute atomic E-state index is 13.5. The van der Waals surface area contributed by atoms with Crippen LogP contribution in [0.1, 0.15) is 23.9 Å². The third-order valence-corrected chi connectivity index (χ3v) is 4.21. The van der Waals surface area contributed by atoms with Crippen molar-refractivity contribution in [3.05, 3.63) is 53.6 Å². The maximum atomic E-state index is 13.5. The van der Waals surface area contributed by atoms with Crippen LogP contribution < -0.4 is 4.90 Å². The van der Waals surface area contributed by atoms with Gasteiger partial charge < -0.3 is 10.0 Å². The van der Waals surface area contributed by atoms with Gasteiger partial charge in [0.1, 0.15) is 11.6 Å². The van der Waals surface area contributed by atoms with Crippen LogP contribution in [-0.2, 0) is 0 Å². The number of nitrogens with zero attached hydrogens (tertiary/aromatic N) is 5. The SMILES string of the molecule is Cc1nnc2ccc(N3C[C@H](O)C[C@H]3c3cccc(F)c3)nn12. The number of rotatable bonds is 2. The zero-order valence-electron chi connectivity index (χ0n) is 12.6. The lowest BCUT2D eigenvalue weighted by Crippen LogP contribution is -2.26. The topological polar surface area (TPSA) is 66.5 Å². The van der Waals surface area contributed by atoms with Gasteiger partial charge in [0.05, 0.1) is 12.1 Å². The van der Waals surface area contributed by atoms with Gasteiger partial charge in [-0.15, -0.1) is 15.3 Å². The molecule has 0 spiro atoms. The van der Waals surface area contributed by atoms with Gasteiger partial charge in [-0.1, -0.05) is 12.1 Å². The number of fused-ring (bicyclic) bond motifs is 1. The van der Waals surface area contributed by atoms with Crippen LogP contribution in [0.5, 0.6) is 0 Å². The van der Waals surface area contributed by atoms with E-state index in [1.807, 2.05) is 30.0 Å². The number of aryl methyl sites for hydroxylation is 1. The third-order valence-electron chi connectivity index (χ3n) is 4.21. The fourth-order valence-corrected chi connectivity index (χ4v) is 3.14. The number of aliphatic hydroxyl groups is 1. The van der Waals surface area contributed by atoms with Gasteiger partial charge in [0.2, 0.25) is 0 Å². The number of hydrogen-bond donors (Lipinski definition) is 1. The van der Waals surface area contributed by atoms with Crippen molar-refractivity contribution < 1.29 is 9.50 Å². The summed E-state index contributed by atoms with van der Waals surface area (Å²) in [6.45, 7) is 2.29. The van der Waals surface area contributed by atoms with E-state index in [0.29, 0.717) is 30.3 Å². The summed E-state index contributed by atoms with van der Waals surface area (Å²) in [6, 6.07) is 10.1. The fraction of sp³-hybridized carbons (Fsp3) is 0.312. The molecule has 0 radical (unpaired) electrons. The van der Waals surface area contributed by atoms with Gasteiger partial charge in [0.15, 0.2) is 11.5 Å². The second kappa shape index (κ2) is 5.27. The summed E-state index contributed by atoms with van der Waals surface area (Å²) in [6.07, 6.45) is 0.0763. The van der Waals surface area contributed by atoms with Crippen molar-refractivity contribution in [2.75, 3.05) is 11.4 Å². The predicted octanol–water partition coefficient (Wildman–Crippen LogP) is 1.88. The van der Waals surface area contributed by atoms with Gasteiger partial charge in [-0.25, -0.2) is 4.39 Å². The molecule has 2 atom stereocenters. The number of aliphatic hydroxyl groups excluding tert-OH is 1. The molecule has 3 heterocycles. The van der Waals surface area contributed by atoms with Crippen molar-refractivity contribution in [3.63, 3.8) is 0 Å². The largest absolute Gasteiger partial charge is 0.391 e. The van der Waals surface area contributed by atoms with Crippen LogP contribution in [0.3, 0.4) is 0 Å². The fourth-order valence-electron chi connectivity index (χ4n) is 3.14. The average molecular weight is 313 g/mol. The predicted molar refractivity (Wildman–Crippen MR) is 82.6 cm³/mol. The lowest BCUT2D eigenvalue weighted by molar-refractivity contribution is 0.194. The molecule has 1 aliphatic rings. The number of halogens is 1. The molecule has 1 N–H and O–H groups in total. The first-order valence-electron chi connectivity index (χ1n) is 7.51. The lowest BCUT2D eigenvalue weighted by Gasteiger charge is -2.25. The Labute approximate surface area is 132 Å². The standard InChI is InChI=1S/C16H16FN5O/c1-10-18-19-15-5-6-16(20-22(10)15)21-9-13(23)8-14(21)11-3-2-4-12(17)7-11/h2-7,13-14,23H,8-9H2,1H3/t13-,14+/m1/s1. The summed E-state index contributed by atoms with van der Waals surface area (Å²) < 4.78 is 15.2. The molecule has 1 saturated heterocycles. The quantitative estimate of drug-likeness (QED) is 0.782. The van der Waals surface area contributed by atoms with Gasteiger partial charge in [-0.3, -0.25) is 0 Å². The summed E-state index contributed by atoms with van der Waals surface area (Å²) in [5.41, 5.74) is 1.51. The van der Waals surface area contributed by atoms with E-state index in [2.05, 4.69) is 15.3 Å². The zero-order valence-corrected chi connectivity index (χ0v) is 12.6. The molecule has 118 valence electrons. The van der Waals surface area contributed by atoms with Gasteiger partial charge >= 0.3 is 0 Å². The molecule has 23 heavy (non-hydrogen) atoms. The van der Waals surface area contributed by atoms with Crippen molar-refractivity contribution in [1.29, 1.82) is 0 Å². The van der Waals surface area contributed by atoms with Crippen molar-refractivity contribution in [2.24, 2.45) is 0 Å². The van der Waals surface area contributed by atoms with Crippen LogP contribution in [0.25, 0.3) is 5.65 Å². The first-order chi connectivity index (χ1) is 11.1. The van der Waals surface area contributed by atoms with Crippen molar-refractivity contribution >= 4 is 11.5 Å². The molecule has 1 aromatic carbocycles. The summed E-state index contributed by atoms with van der Waals surface area (Å²) in [5, 5.41) is 22.7. The highest BCUT2D eigenvalue weighted by molar-refractivity contribution is 5.49. The molecule has 6 nitrogen and oxygen atoms in total. The Bertz CT molecular complexity index is 865. The molecular formula is C16H16FN5O. The van der Waals surface area contributed by atoms with E-state index < -0.39 is 6.10 Å². The second-order valence-electron chi connectivity index (χ2n) is 5.82. The number of hydrogen-bond acceptors (Lipinski definition) is 5. The highest BCUT2D eigenvalue weighted by Gasteiger charge is 2.33. The van der Waals surface area contributed by atoms with E-state index in [4.69, 9.17) is 0 Å². The van der Waals surface area contributed by atoms with Crippen molar-refractivity contribution in [2.45, 2.75) is 25.5 Å². The van der Waals surface area contributed by atoms with Crippen LogP contribution in [0.4, 0.5) is 10.2 Å². The molecule has 3 aromatic rings. The molecular weight excluding hydrogens is 297 g/mol. The first-order valence-corrected chi connectivity index (χ1v) is 7.51. The van der Waals surface area contributed by atoms with Crippen LogP contribution >= 0.6 is 0 Å². The molecule has 0 amide bonds. The third kappa shape index (κ3) is 2.43. The molecule has 1 fully saturated rings. The minimum absolute atomic E-state index is 0.109. The Morgan fingerprint density at radius 1 is 1.22 bits per heavy atom. The van der Waals surface area contributed by atoms with E-state index in [9.17, 15) is 9.50 Å². The van der Waals surface area contributed by atoms with Crippen molar-refractivity contribution in [1.82, 2.24) is 19.8 Å². The summed E-state index contributed by atoms with van der Waals surface area (Å²) in [4.78, 5) is 2.00. The van der Waals surface area contributed by atoms with Crippen LogP contribution in [0, 0.1) is 12.7 Å². The smallest absolute Gasteiger partial charge is 0.178 e. The van der Waals surface area contributed by atoms with Crippen LogP contribution in [0.2, 0.25) is 0 Å². The molecule has 2 aromatic heterocycles. The molecule has 0 bridgehead atoms. The molecule has 0 unspecified atom stereocenters. The van der Waals surface area contributed by atoms with Gasteiger partial charge in [0.25, 0.3) is 0 Å². The Kier molecular flexibility index (Phi) is 3.23. The Morgan fingerprint density at radius 2 is 2.09 bits per heavy atom.